The summed E-state index contributed by atoms with van der Waals surface area (Å²) >= 11 is 3.31. The van der Waals surface area contributed by atoms with Gasteiger partial charge in [0.05, 0.1) is 27.4 Å². The van der Waals surface area contributed by atoms with Gasteiger partial charge < -0.3 is 9.84 Å². The van der Waals surface area contributed by atoms with Gasteiger partial charge in [0.15, 0.2) is 0 Å². The van der Waals surface area contributed by atoms with Gasteiger partial charge in [-0.15, -0.1) is 0 Å². The van der Waals surface area contributed by atoms with Crippen LogP contribution in [-0.2, 0) is 15.5 Å². The molecule has 2 rings (SSSR count). The maximum absolute atomic E-state index is 12.7. The van der Waals surface area contributed by atoms with Gasteiger partial charge in [-0.25, -0.2) is 4.79 Å². The third-order valence-corrected chi connectivity index (χ3v) is 5.90. The summed E-state index contributed by atoms with van der Waals surface area (Å²) < 4.78 is 18.8. The maximum Gasteiger partial charge on any atom is 0.336 e. The summed E-state index contributed by atoms with van der Waals surface area (Å²) in [4.78, 5) is 11.7. The average Bonchev–Trinajstić information content (AvgIpc) is 2.46. The van der Waals surface area contributed by atoms with Gasteiger partial charge in [0.25, 0.3) is 0 Å². The predicted octanol–water partition coefficient (Wildman–Crippen LogP) is 3.21. The van der Waals surface area contributed by atoms with Crippen LogP contribution in [0.1, 0.15) is 36.0 Å². The molecule has 0 heterocycles. The Kier molecular flexibility index (Phi) is 5.35. The highest BCUT2D eigenvalue weighted by molar-refractivity contribution is 9.10. The Hall–Kier alpha value is -0.720. The zero-order valence-corrected chi connectivity index (χ0v) is 13.6. The SMILES string of the molecule is COC1CCCC(S(=O)c2cc(Br)ccc2C(=O)O)C1. The molecule has 1 N–H and O–H groups in total. The molecule has 6 heteroatoms. The monoisotopic (exact) mass is 360 g/mol. The summed E-state index contributed by atoms with van der Waals surface area (Å²) in [5, 5.41) is 9.19. The van der Waals surface area contributed by atoms with Crippen LogP contribution < -0.4 is 0 Å². The van der Waals surface area contributed by atoms with Crippen molar-refractivity contribution in [1.82, 2.24) is 0 Å². The third kappa shape index (κ3) is 3.48. The van der Waals surface area contributed by atoms with E-state index in [-0.39, 0.29) is 16.9 Å². The number of aromatic carboxylic acids is 1. The van der Waals surface area contributed by atoms with Crippen LogP contribution in [0.15, 0.2) is 27.6 Å². The van der Waals surface area contributed by atoms with Gasteiger partial charge in [-0.1, -0.05) is 15.9 Å². The number of carboxylic acids is 1. The standard InChI is InChI=1S/C14H17BrO4S/c1-19-10-3-2-4-11(8-10)20(18)13-7-9(15)5-6-12(13)14(16)17/h5-7,10-11H,2-4,8H2,1H3,(H,16,17). The molecule has 0 amide bonds. The highest BCUT2D eigenvalue weighted by Crippen LogP contribution is 2.30. The summed E-state index contributed by atoms with van der Waals surface area (Å²) in [6, 6.07) is 4.80. The number of rotatable bonds is 4. The van der Waals surface area contributed by atoms with E-state index in [4.69, 9.17) is 4.74 Å². The number of benzene rings is 1. The van der Waals surface area contributed by atoms with E-state index in [0.717, 1.165) is 23.7 Å². The van der Waals surface area contributed by atoms with Crippen LogP contribution in [-0.4, -0.2) is 33.7 Å². The second-order valence-electron chi connectivity index (χ2n) is 4.89. The van der Waals surface area contributed by atoms with E-state index in [2.05, 4.69) is 15.9 Å². The van der Waals surface area contributed by atoms with Crippen molar-refractivity contribution in [3.63, 3.8) is 0 Å². The number of hydrogen-bond acceptors (Lipinski definition) is 3. The van der Waals surface area contributed by atoms with E-state index in [1.54, 1.807) is 19.2 Å². The molecule has 110 valence electrons. The molecule has 0 spiro atoms. The van der Waals surface area contributed by atoms with Gasteiger partial charge in [-0.3, -0.25) is 4.21 Å². The summed E-state index contributed by atoms with van der Waals surface area (Å²) in [5.41, 5.74) is 0.117. The van der Waals surface area contributed by atoms with E-state index in [1.165, 1.54) is 6.07 Å². The van der Waals surface area contributed by atoms with Crippen molar-refractivity contribution in [1.29, 1.82) is 0 Å². The first-order valence-electron chi connectivity index (χ1n) is 6.49. The predicted molar refractivity (Wildman–Crippen MR) is 80.6 cm³/mol. The fraction of sp³-hybridized carbons (Fsp3) is 0.500. The first-order valence-corrected chi connectivity index (χ1v) is 8.49. The zero-order valence-electron chi connectivity index (χ0n) is 11.2. The highest BCUT2D eigenvalue weighted by atomic mass is 79.9. The third-order valence-electron chi connectivity index (χ3n) is 3.60. The smallest absolute Gasteiger partial charge is 0.336 e. The average molecular weight is 361 g/mol. The second kappa shape index (κ2) is 6.83. The Balaban J connectivity index is 2.28. The minimum atomic E-state index is -1.33. The number of carboxylic acid groups (broad SMARTS) is 1. The van der Waals surface area contributed by atoms with Crippen LogP contribution in [0.2, 0.25) is 0 Å². The van der Waals surface area contributed by atoms with Crippen LogP contribution in [0.25, 0.3) is 0 Å². The molecule has 0 bridgehead atoms. The molecule has 0 saturated heterocycles. The number of carbonyl (C=O) groups is 1. The first kappa shape index (κ1) is 15.7. The molecule has 1 aliphatic carbocycles. The molecule has 1 aromatic carbocycles. The molecule has 1 aromatic rings. The van der Waals surface area contributed by atoms with Crippen molar-refractivity contribution in [2.75, 3.05) is 7.11 Å². The van der Waals surface area contributed by atoms with Gasteiger partial charge in [-0.2, -0.15) is 0 Å². The van der Waals surface area contributed by atoms with Crippen molar-refractivity contribution in [2.45, 2.75) is 41.9 Å². The fourth-order valence-electron chi connectivity index (χ4n) is 2.53. The van der Waals surface area contributed by atoms with Gasteiger partial charge in [0.2, 0.25) is 0 Å². The van der Waals surface area contributed by atoms with E-state index in [0.29, 0.717) is 11.3 Å². The van der Waals surface area contributed by atoms with Crippen molar-refractivity contribution in [2.24, 2.45) is 0 Å². The van der Waals surface area contributed by atoms with Crippen molar-refractivity contribution in [3.05, 3.63) is 28.2 Å². The summed E-state index contributed by atoms with van der Waals surface area (Å²) in [6.45, 7) is 0. The number of methoxy groups -OCH3 is 1. The lowest BCUT2D eigenvalue weighted by Crippen LogP contribution is -2.29. The Labute approximate surface area is 129 Å². The minimum Gasteiger partial charge on any atom is -0.478 e. The molecule has 0 aromatic heterocycles. The van der Waals surface area contributed by atoms with Gasteiger partial charge in [0.1, 0.15) is 0 Å². The summed E-state index contributed by atoms with van der Waals surface area (Å²) in [6.07, 6.45) is 3.63. The van der Waals surface area contributed by atoms with E-state index < -0.39 is 16.8 Å². The fourth-order valence-corrected chi connectivity index (χ4v) is 4.79. The molecule has 1 aliphatic rings. The van der Waals surface area contributed by atoms with Gasteiger partial charge in [-0.05, 0) is 43.9 Å². The van der Waals surface area contributed by atoms with E-state index in [1.807, 2.05) is 0 Å². The summed E-state index contributed by atoms with van der Waals surface area (Å²) in [5.74, 6) is -1.04. The molecule has 3 atom stereocenters. The van der Waals surface area contributed by atoms with Crippen molar-refractivity contribution >= 4 is 32.7 Å². The topological polar surface area (TPSA) is 63.6 Å². The minimum absolute atomic E-state index is 0.0406. The van der Waals surface area contributed by atoms with Crippen LogP contribution >= 0.6 is 15.9 Å². The van der Waals surface area contributed by atoms with Crippen LogP contribution in [0.3, 0.4) is 0 Å². The quantitative estimate of drug-likeness (QED) is 0.895. The molecular formula is C14H17BrO4S. The Morgan fingerprint density at radius 1 is 1.45 bits per heavy atom. The largest absolute Gasteiger partial charge is 0.478 e. The lowest BCUT2D eigenvalue weighted by Gasteiger charge is -2.27. The second-order valence-corrected chi connectivity index (χ2v) is 7.51. The molecule has 1 fully saturated rings. The normalized spacial score (nSPS) is 24.3. The van der Waals surface area contributed by atoms with E-state index in [9.17, 15) is 14.1 Å². The molecule has 3 unspecified atom stereocenters. The van der Waals surface area contributed by atoms with Gasteiger partial charge in [0, 0.05) is 16.8 Å². The lowest BCUT2D eigenvalue weighted by atomic mass is 9.97. The van der Waals surface area contributed by atoms with Crippen molar-refractivity contribution < 1.29 is 18.8 Å². The molecule has 4 nitrogen and oxygen atoms in total. The van der Waals surface area contributed by atoms with Crippen molar-refractivity contribution in [3.8, 4) is 0 Å². The molecule has 1 saturated carbocycles. The molecule has 0 aliphatic heterocycles. The Bertz CT molecular complexity index is 532. The Morgan fingerprint density at radius 2 is 2.20 bits per heavy atom. The number of ether oxygens (including phenoxy) is 1. The maximum atomic E-state index is 12.7. The Morgan fingerprint density at radius 3 is 2.85 bits per heavy atom. The van der Waals surface area contributed by atoms with Crippen LogP contribution in [0.5, 0.6) is 0 Å². The van der Waals surface area contributed by atoms with E-state index >= 15 is 0 Å². The number of hydrogen-bond donors (Lipinski definition) is 1. The molecular weight excluding hydrogens is 344 g/mol. The zero-order chi connectivity index (χ0) is 14.7. The highest BCUT2D eigenvalue weighted by Gasteiger charge is 2.29. The van der Waals surface area contributed by atoms with Crippen LogP contribution in [0.4, 0.5) is 0 Å². The molecule has 0 radical (unpaired) electrons. The first-order chi connectivity index (χ1) is 9.52. The number of halogens is 1. The van der Waals surface area contributed by atoms with Crippen LogP contribution in [0, 0.1) is 0 Å². The lowest BCUT2D eigenvalue weighted by molar-refractivity contribution is 0.0692. The summed E-state index contributed by atoms with van der Waals surface area (Å²) in [7, 11) is 0.339. The van der Waals surface area contributed by atoms with Gasteiger partial charge >= 0.3 is 5.97 Å². The molecule has 20 heavy (non-hydrogen) atoms.